The first kappa shape index (κ1) is 11.1. The lowest BCUT2D eigenvalue weighted by Crippen LogP contribution is -2.07. The Morgan fingerprint density at radius 3 is 2.38 bits per heavy atom. The fourth-order valence-electron chi connectivity index (χ4n) is 1.01. The van der Waals surface area contributed by atoms with Gasteiger partial charge in [-0.2, -0.15) is 15.4 Å². The topological polar surface area (TPSA) is 41.6 Å². The van der Waals surface area contributed by atoms with Gasteiger partial charge in [0.25, 0.3) is 0 Å². The van der Waals surface area contributed by atoms with E-state index in [-0.39, 0.29) is 0 Å². The standard InChI is InChI=1S/C7H10Cl3N3/c1-4(2)3-5-6(7(8,9)10)12-13-11-5/h4H,3H2,1-2H3,(H,11,12,13). The van der Waals surface area contributed by atoms with Gasteiger partial charge in [-0.25, -0.2) is 0 Å². The molecule has 1 rings (SSSR count). The zero-order chi connectivity index (χ0) is 10.1. The number of hydrogen-bond acceptors (Lipinski definition) is 2. The van der Waals surface area contributed by atoms with Crippen molar-refractivity contribution in [3.05, 3.63) is 11.4 Å². The molecule has 0 fully saturated rings. The summed E-state index contributed by atoms with van der Waals surface area (Å²) in [4.78, 5) is 0. The lowest BCUT2D eigenvalue weighted by atomic mass is 10.1. The third-order valence-corrected chi connectivity index (χ3v) is 2.03. The van der Waals surface area contributed by atoms with E-state index in [1.54, 1.807) is 0 Å². The second kappa shape index (κ2) is 4.03. The molecule has 0 saturated heterocycles. The van der Waals surface area contributed by atoms with Crippen LogP contribution in [0, 0.1) is 5.92 Å². The van der Waals surface area contributed by atoms with Crippen molar-refractivity contribution >= 4 is 34.8 Å². The molecule has 0 bridgehead atoms. The van der Waals surface area contributed by atoms with E-state index in [1.807, 2.05) is 0 Å². The summed E-state index contributed by atoms with van der Waals surface area (Å²) in [6.45, 7) is 4.13. The summed E-state index contributed by atoms with van der Waals surface area (Å²) >= 11 is 17.1. The minimum absolute atomic E-state index is 0.395. The van der Waals surface area contributed by atoms with E-state index in [0.717, 1.165) is 12.1 Å². The Kier molecular flexibility index (Phi) is 3.44. The van der Waals surface area contributed by atoms with E-state index in [4.69, 9.17) is 34.8 Å². The van der Waals surface area contributed by atoms with Crippen molar-refractivity contribution in [3.63, 3.8) is 0 Å². The van der Waals surface area contributed by atoms with Crippen LogP contribution in [0.15, 0.2) is 0 Å². The van der Waals surface area contributed by atoms with Crippen molar-refractivity contribution in [2.75, 3.05) is 0 Å². The number of halogens is 3. The van der Waals surface area contributed by atoms with Crippen molar-refractivity contribution in [1.29, 1.82) is 0 Å². The predicted octanol–water partition coefficient (Wildman–Crippen LogP) is 2.83. The Morgan fingerprint density at radius 2 is 1.92 bits per heavy atom. The SMILES string of the molecule is CC(C)Cc1n[nH]nc1C(Cl)(Cl)Cl. The first-order valence-electron chi connectivity index (χ1n) is 3.88. The molecule has 0 amide bonds. The van der Waals surface area contributed by atoms with Crippen LogP contribution in [0.5, 0.6) is 0 Å². The van der Waals surface area contributed by atoms with Crippen LogP contribution in [0.1, 0.15) is 25.2 Å². The molecular formula is C7H10Cl3N3. The first-order valence-corrected chi connectivity index (χ1v) is 5.01. The molecule has 1 aromatic heterocycles. The van der Waals surface area contributed by atoms with Crippen LogP contribution in [0.2, 0.25) is 0 Å². The summed E-state index contributed by atoms with van der Waals surface area (Å²) in [5, 5.41) is 10.2. The molecule has 3 nitrogen and oxygen atoms in total. The minimum Gasteiger partial charge on any atom is -0.197 e. The summed E-state index contributed by atoms with van der Waals surface area (Å²) in [6, 6.07) is 0. The van der Waals surface area contributed by atoms with Gasteiger partial charge in [-0.05, 0) is 12.3 Å². The van der Waals surface area contributed by atoms with E-state index in [9.17, 15) is 0 Å². The quantitative estimate of drug-likeness (QED) is 0.810. The maximum atomic E-state index is 5.70. The van der Waals surface area contributed by atoms with Gasteiger partial charge in [0.15, 0.2) is 0 Å². The Bertz CT molecular complexity index is 277. The first-order chi connectivity index (χ1) is 5.91. The normalized spacial score (nSPS) is 12.5. The smallest absolute Gasteiger partial charge is 0.197 e. The summed E-state index contributed by atoms with van der Waals surface area (Å²) in [7, 11) is 0. The molecule has 0 aliphatic heterocycles. The summed E-state index contributed by atoms with van der Waals surface area (Å²) < 4.78 is -1.49. The van der Waals surface area contributed by atoms with Crippen LogP contribution in [0.3, 0.4) is 0 Å². The fraction of sp³-hybridized carbons (Fsp3) is 0.714. The predicted molar refractivity (Wildman–Crippen MR) is 54.2 cm³/mol. The van der Waals surface area contributed by atoms with Gasteiger partial charge in [-0.15, -0.1) is 0 Å². The average molecular weight is 243 g/mol. The lowest BCUT2D eigenvalue weighted by Gasteiger charge is -2.09. The zero-order valence-electron chi connectivity index (χ0n) is 7.31. The minimum atomic E-state index is -1.49. The molecule has 1 heterocycles. The van der Waals surface area contributed by atoms with E-state index >= 15 is 0 Å². The van der Waals surface area contributed by atoms with Gasteiger partial charge in [-0.3, -0.25) is 0 Å². The number of nitrogens with zero attached hydrogens (tertiary/aromatic N) is 2. The molecule has 0 saturated carbocycles. The van der Waals surface area contributed by atoms with Gasteiger partial charge < -0.3 is 0 Å². The summed E-state index contributed by atoms with van der Waals surface area (Å²) in [5.41, 5.74) is 1.11. The Morgan fingerprint density at radius 1 is 1.31 bits per heavy atom. The molecule has 0 atom stereocenters. The zero-order valence-corrected chi connectivity index (χ0v) is 9.58. The lowest BCUT2D eigenvalue weighted by molar-refractivity contribution is 0.630. The molecule has 0 aliphatic carbocycles. The van der Waals surface area contributed by atoms with Crippen molar-refractivity contribution in [2.45, 2.75) is 24.1 Å². The van der Waals surface area contributed by atoms with E-state index in [2.05, 4.69) is 29.3 Å². The molecule has 13 heavy (non-hydrogen) atoms. The van der Waals surface area contributed by atoms with Crippen LogP contribution in [-0.2, 0) is 10.2 Å². The number of alkyl halides is 3. The van der Waals surface area contributed by atoms with Crippen LogP contribution in [-0.4, -0.2) is 15.4 Å². The Hall–Kier alpha value is 0.01000. The van der Waals surface area contributed by atoms with Gasteiger partial charge in [-0.1, -0.05) is 48.7 Å². The third kappa shape index (κ3) is 3.01. The molecule has 0 radical (unpaired) electrons. The number of rotatable bonds is 2. The number of H-pyrrole nitrogens is 1. The highest BCUT2D eigenvalue weighted by Crippen LogP contribution is 2.38. The number of aromatic amines is 1. The molecular weight excluding hydrogens is 232 g/mol. The van der Waals surface area contributed by atoms with E-state index < -0.39 is 3.79 Å². The molecule has 6 heteroatoms. The number of hydrogen-bond donors (Lipinski definition) is 1. The maximum Gasteiger partial charge on any atom is 0.236 e. The van der Waals surface area contributed by atoms with Crippen LogP contribution in [0.4, 0.5) is 0 Å². The van der Waals surface area contributed by atoms with Crippen LogP contribution < -0.4 is 0 Å². The third-order valence-electron chi connectivity index (χ3n) is 1.49. The molecule has 1 N–H and O–H groups in total. The van der Waals surface area contributed by atoms with Gasteiger partial charge >= 0.3 is 0 Å². The van der Waals surface area contributed by atoms with Crippen molar-refractivity contribution in [3.8, 4) is 0 Å². The molecule has 1 aromatic rings. The molecule has 0 aromatic carbocycles. The van der Waals surface area contributed by atoms with E-state index in [0.29, 0.717) is 11.6 Å². The molecule has 0 aliphatic rings. The molecule has 0 unspecified atom stereocenters. The highest BCUT2D eigenvalue weighted by atomic mass is 35.6. The maximum absolute atomic E-state index is 5.70. The van der Waals surface area contributed by atoms with E-state index in [1.165, 1.54) is 0 Å². The van der Waals surface area contributed by atoms with Gasteiger partial charge in [0.05, 0.1) is 5.69 Å². The van der Waals surface area contributed by atoms with Gasteiger partial charge in [0, 0.05) is 0 Å². The van der Waals surface area contributed by atoms with Crippen LogP contribution in [0.25, 0.3) is 0 Å². The largest absolute Gasteiger partial charge is 0.236 e. The number of nitrogens with one attached hydrogen (secondary N) is 1. The highest BCUT2D eigenvalue weighted by molar-refractivity contribution is 6.66. The van der Waals surface area contributed by atoms with Crippen molar-refractivity contribution < 1.29 is 0 Å². The summed E-state index contributed by atoms with van der Waals surface area (Å²) in [6.07, 6.45) is 0.750. The van der Waals surface area contributed by atoms with Gasteiger partial charge in [0.1, 0.15) is 5.69 Å². The monoisotopic (exact) mass is 241 g/mol. The molecule has 74 valence electrons. The fourth-order valence-corrected chi connectivity index (χ4v) is 1.46. The Labute approximate surface area is 91.8 Å². The number of aromatic nitrogens is 3. The van der Waals surface area contributed by atoms with Crippen molar-refractivity contribution in [2.24, 2.45) is 5.92 Å². The van der Waals surface area contributed by atoms with Crippen molar-refractivity contribution in [1.82, 2.24) is 15.4 Å². The second-order valence-corrected chi connectivity index (χ2v) is 5.50. The Balaban J connectivity index is 2.90. The van der Waals surface area contributed by atoms with Gasteiger partial charge in [0.2, 0.25) is 3.79 Å². The second-order valence-electron chi connectivity index (χ2n) is 3.21. The summed E-state index contributed by atoms with van der Waals surface area (Å²) in [5.74, 6) is 0.455. The van der Waals surface area contributed by atoms with Crippen LogP contribution >= 0.6 is 34.8 Å². The highest BCUT2D eigenvalue weighted by Gasteiger charge is 2.30. The average Bonchev–Trinajstić information content (AvgIpc) is 2.31. The molecule has 0 spiro atoms.